The van der Waals surface area contributed by atoms with Crippen molar-refractivity contribution in [1.29, 1.82) is 0 Å². The number of hydrogen-bond acceptors (Lipinski definition) is 5. The van der Waals surface area contributed by atoms with Gasteiger partial charge >= 0.3 is 0 Å². The first kappa shape index (κ1) is 10.2. The molecule has 0 bridgehead atoms. The van der Waals surface area contributed by atoms with E-state index in [0.29, 0.717) is 13.2 Å². The summed E-state index contributed by atoms with van der Waals surface area (Å²) in [5.74, 6) is -0.413. The van der Waals surface area contributed by atoms with Crippen molar-refractivity contribution in [2.45, 2.75) is 31.3 Å². The van der Waals surface area contributed by atoms with Crippen LogP contribution in [0.5, 0.6) is 0 Å². The minimum absolute atomic E-state index is 0.119. The van der Waals surface area contributed by atoms with Crippen LogP contribution in [0, 0.1) is 5.92 Å². The molecule has 4 atom stereocenters. The van der Waals surface area contributed by atoms with Crippen LogP contribution in [0.3, 0.4) is 0 Å². The van der Waals surface area contributed by atoms with Gasteiger partial charge in [-0.15, -0.1) is 0 Å². The van der Waals surface area contributed by atoms with Crippen LogP contribution >= 0.6 is 0 Å². The lowest BCUT2D eigenvalue weighted by Gasteiger charge is -2.18. The average molecular weight is 227 g/mol. The summed E-state index contributed by atoms with van der Waals surface area (Å²) in [6.07, 6.45) is 0.0327. The normalized spacial score (nSPS) is 42.5. The minimum atomic E-state index is -0.652. The maximum absolute atomic E-state index is 11.3. The van der Waals surface area contributed by atoms with Gasteiger partial charge in [-0.25, -0.2) is 0 Å². The highest BCUT2D eigenvalue weighted by atomic mass is 16.7. The second kappa shape index (κ2) is 3.80. The van der Waals surface area contributed by atoms with Crippen LogP contribution < -0.4 is 5.32 Å². The molecule has 6 heteroatoms. The Morgan fingerprint density at radius 2 is 2.19 bits per heavy atom. The molecule has 88 valence electrons. The van der Waals surface area contributed by atoms with Crippen LogP contribution in [0.2, 0.25) is 0 Å². The van der Waals surface area contributed by atoms with Gasteiger partial charge in [-0.2, -0.15) is 0 Å². The summed E-state index contributed by atoms with van der Waals surface area (Å²) in [5, 5.41) is 2.23. The fourth-order valence-corrected chi connectivity index (χ4v) is 2.42. The molecule has 3 heterocycles. The Bertz CT molecular complexity index is 331. The highest BCUT2D eigenvalue weighted by molar-refractivity contribution is 6.04. The Labute approximate surface area is 92.2 Å². The van der Waals surface area contributed by atoms with Gasteiger partial charge in [0.15, 0.2) is 6.29 Å². The summed E-state index contributed by atoms with van der Waals surface area (Å²) in [4.78, 5) is 22.3. The maximum atomic E-state index is 11.3. The van der Waals surface area contributed by atoms with E-state index in [4.69, 9.17) is 14.2 Å². The summed E-state index contributed by atoms with van der Waals surface area (Å²) in [6.45, 7) is 1.11. The number of carbonyl (C=O) groups excluding carboxylic acids is 2. The highest BCUT2D eigenvalue weighted by Crippen LogP contribution is 2.34. The van der Waals surface area contributed by atoms with Crippen LogP contribution in [0.4, 0.5) is 0 Å². The van der Waals surface area contributed by atoms with Crippen LogP contribution in [-0.2, 0) is 23.8 Å². The topological polar surface area (TPSA) is 73.9 Å². The molecule has 16 heavy (non-hydrogen) atoms. The van der Waals surface area contributed by atoms with Crippen molar-refractivity contribution in [3.63, 3.8) is 0 Å². The monoisotopic (exact) mass is 227 g/mol. The quantitative estimate of drug-likeness (QED) is 0.624. The van der Waals surface area contributed by atoms with E-state index in [1.54, 1.807) is 0 Å². The number of carbonyl (C=O) groups is 2. The van der Waals surface area contributed by atoms with E-state index in [0.717, 1.165) is 6.42 Å². The Morgan fingerprint density at radius 3 is 2.94 bits per heavy atom. The lowest BCUT2D eigenvalue weighted by atomic mass is 10.0. The predicted octanol–water partition coefficient (Wildman–Crippen LogP) is -0.820. The SMILES string of the molecule is O=C1C[C@@H](OC2CO[C@H]3OCC[C@@H]23)C(=O)N1. The molecule has 0 aliphatic carbocycles. The summed E-state index contributed by atoms with van der Waals surface area (Å²) < 4.78 is 16.4. The third-order valence-corrected chi connectivity index (χ3v) is 3.25. The fourth-order valence-electron chi connectivity index (χ4n) is 2.42. The maximum Gasteiger partial charge on any atom is 0.256 e. The zero-order valence-corrected chi connectivity index (χ0v) is 8.68. The molecule has 2 amide bonds. The van der Waals surface area contributed by atoms with Gasteiger partial charge in [0.1, 0.15) is 6.10 Å². The molecule has 0 radical (unpaired) electrons. The zero-order chi connectivity index (χ0) is 11.1. The van der Waals surface area contributed by atoms with E-state index in [2.05, 4.69) is 5.32 Å². The van der Waals surface area contributed by atoms with E-state index in [1.807, 2.05) is 0 Å². The van der Waals surface area contributed by atoms with Crippen molar-refractivity contribution in [3.8, 4) is 0 Å². The second-order valence-corrected chi connectivity index (χ2v) is 4.30. The number of fused-ring (bicyclic) bond motifs is 1. The number of hydrogen-bond donors (Lipinski definition) is 1. The smallest absolute Gasteiger partial charge is 0.256 e. The third-order valence-electron chi connectivity index (χ3n) is 3.25. The van der Waals surface area contributed by atoms with Gasteiger partial charge in [-0.1, -0.05) is 0 Å². The highest BCUT2D eigenvalue weighted by Gasteiger charge is 2.45. The summed E-state index contributed by atoms with van der Waals surface area (Å²) in [7, 11) is 0. The van der Waals surface area contributed by atoms with Crippen molar-refractivity contribution < 1.29 is 23.8 Å². The molecule has 3 saturated heterocycles. The first-order valence-electron chi connectivity index (χ1n) is 5.46. The predicted molar refractivity (Wildman–Crippen MR) is 50.2 cm³/mol. The number of imide groups is 1. The molecule has 6 nitrogen and oxygen atoms in total. The number of rotatable bonds is 2. The molecule has 3 aliphatic rings. The minimum Gasteiger partial charge on any atom is -0.362 e. The van der Waals surface area contributed by atoms with E-state index < -0.39 is 6.10 Å². The van der Waals surface area contributed by atoms with Gasteiger partial charge in [0, 0.05) is 5.92 Å². The van der Waals surface area contributed by atoms with Gasteiger partial charge in [-0.3, -0.25) is 14.9 Å². The largest absolute Gasteiger partial charge is 0.362 e. The molecule has 1 unspecified atom stereocenters. The molecule has 3 rings (SSSR count). The lowest BCUT2D eigenvalue weighted by Crippen LogP contribution is -2.33. The van der Waals surface area contributed by atoms with Gasteiger partial charge < -0.3 is 14.2 Å². The second-order valence-electron chi connectivity index (χ2n) is 4.30. The zero-order valence-electron chi connectivity index (χ0n) is 8.68. The van der Waals surface area contributed by atoms with Crippen LogP contribution in [0.1, 0.15) is 12.8 Å². The molecule has 1 N–H and O–H groups in total. The fraction of sp³-hybridized carbons (Fsp3) is 0.800. The van der Waals surface area contributed by atoms with Crippen molar-refractivity contribution in [2.75, 3.05) is 13.2 Å². The molecule has 0 aromatic carbocycles. The Balaban J connectivity index is 1.62. The summed E-state index contributed by atoms with van der Waals surface area (Å²) in [6, 6.07) is 0. The van der Waals surface area contributed by atoms with E-state index in [9.17, 15) is 9.59 Å². The van der Waals surface area contributed by atoms with Gasteiger partial charge in [0.05, 0.1) is 25.7 Å². The van der Waals surface area contributed by atoms with Crippen LogP contribution in [0.15, 0.2) is 0 Å². The molecule has 0 aromatic rings. The summed E-state index contributed by atoms with van der Waals surface area (Å²) in [5.41, 5.74) is 0. The molecule has 0 saturated carbocycles. The Hall–Kier alpha value is -0.980. The summed E-state index contributed by atoms with van der Waals surface area (Å²) >= 11 is 0. The third kappa shape index (κ3) is 1.63. The Kier molecular flexibility index (Phi) is 2.42. The van der Waals surface area contributed by atoms with Crippen molar-refractivity contribution >= 4 is 11.8 Å². The number of nitrogens with one attached hydrogen (secondary N) is 1. The van der Waals surface area contributed by atoms with Crippen LogP contribution in [0.25, 0.3) is 0 Å². The first-order chi connectivity index (χ1) is 7.74. The molecule has 3 fully saturated rings. The molecule has 0 spiro atoms. The average Bonchev–Trinajstić information content (AvgIpc) is 2.86. The van der Waals surface area contributed by atoms with Crippen molar-refractivity contribution in [3.05, 3.63) is 0 Å². The van der Waals surface area contributed by atoms with Gasteiger partial charge in [0.25, 0.3) is 5.91 Å². The molecular formula is C10H13NO5. The van der Waals surface area contributed by atoms with Crippen molar-refractivity contribution in [2.24, 2.45) is 5.92 Å². The van der Waals surface area contributed by atoms with Crippen LogP contribution in [-0.4, -0.2) is 43.5 Å². The van der Waals surface area contributed by atoms with Crippen molar-refractivity contribution in [1.82, 2.24) is 5.32 Å². The Morgan fingerprint density at radius 1 is 1.31 bits per heavy atom. The standard InChI is InChI=1S/C10H13NO5/c12-8-3-6(9(13)11-8)16-7-4-15-10-5(7)1-2-14-10/h5-7,10H,1-4H2,(H,11,12,13)/t5-,6+,7?,10+/m0/s1. The molecular weight excluding hydrogens is 214 g/mol. The first-order valence-corrected chi connectivity index (χ1v) is 5.46. The van der Waals surface area contributed by atoms with Gasteiger partial charge in [0.2, 0.25) is 5.91 Å². The lowest BCUT2D eigenvalue weighted by molar-refractivity contribution is -0.133. The van der Waals surface area contributed by atoms with E-state index in [1.165, 1.54) is 0 Å². The van der Waals surface area contributed by atoms with Gasteiger partial charge in [-0.05, 0) is 6.42 Å². The van der Waals surface area contributed by atoms with E-state index in [-0.39, 0.29) is 36.5 Å². The number of amides is 2. The molecule has 3 aliphatic heterocycles. The number of ether oxygens (including phenoxy) is 3. The molecule has 0 aromatic heterocycles. The van der Waals surface area contributed by atoms with E-state index >= 15 is 0 Å².